The second kappa shape index (κ2) is 4.72. The lowest BCUT2D eigenvalue weighted by Crippen LogP contribution is -2.38. The molecule has 0 spiro atoms. The van der Waals surface area contributed by atoms with Crippen LogP contribution >= 0.6 is 0 Å². The molecule has 1 N–H and O–H groups in total. The zero-order chi connectivity index (χ0) is 13.4. The highest BCUT2D eigenvalue weighted by Gasteiger charge is 2.32. The summed E-state index contributed by atoms with van der Waals surface area (Å²) in [6.45, 7) is 0.367. The minimum Gasteiger partial charge on any atom is -0.480 e. The highest BCUT2D eigenvalue weighted by atomic mass is 16.4. The quantitative estimate of drug-likeness (QED) is 0.849. The van der Waals surface area contributed by atoms with Crippen molar-refractivity contribution in [1.29, 1.82) is 0 Å². The van der Waals surface area contributed by atoms with Gasteiger partial charge in [-0.2, -0.15) is 0 Å². The molecule has 0 aliphatic heterocycles. The van der Waals surface area contributed by atoms with Gasteiger partial charge in [0.15, 0.2) is 0 Å². The van der Waals surface area contributed by atoms with Gasteiger partial charge in [0.1, 0.15) is 12.2 Å². The third-order valence-corrected chi connectivity index (χ3v) is 3.73. The molecule has 0 bridgehead atoms. The molecule has 2 aliphatic carbocycles. The molecule has 0 saturated heterocycles. The van der Waals surface area contributed by atoms with Gasteiger partial charge in [-0.05, 0) is 43.7 Å². The Morgan fingerprint density at radius 2 is 2.05 bits per heavy atom. The Morgan fingerprint density at radius 1 is 1.32 bits per heavy atom. The van der Waals surface area contributed by atoms with E-state index >= 15 is 0 Å². The van der Waals surface area contributed by atoms with Gasteiger partial charge in [0.05, 0.1) is 0 Å². The molecule has 0 aromatic carbocycles. The number of carboxylic acid groups (broad SMARTS) is 1. The molecule has 2 saturated carbocycles. The number of nitrogens with zero attached hydrogens (tertiary/aromatic N) is 2. The summed E-state index contributed by atoms with van der Waals surface area (Å²) in [4.78, 5) is 24.9. The third kappa shape index (κ3) is 2.80. The maximum atomic E-state index is 12.5. The van der Waals surface area contributed by atoms with Crippen molar-refractivity contribution >= 4 is 11.9 Å². The number of amides is 1. The molecular weight excluding hydrogens is 244 g/mol. The highest BCUT2D eigenvalue weighted by molar-refractivity contribution is 5.94. The number of carbonyl (C=O) groups is 2. The Kier molecular flexibility index (Phi) is 3.05. The molecule has 1 aromatic heterocycles. The maximum Gasteiger partial charge on any atom is 0.323 e. The second-order valence-electron chi connectivity index (χ2n) is 5.55. The average Bonchev–Trinajstić information content (AvgIpc) is 3.28. The number of carboxylic acids is 1. The Labute approximate surface area is 111 Å². The molecule has 1 aromatic rings. The van der Waals surface area contributed by atoms with Gasteiger partial charge in [0.25, 0.3) is 5.91 Å². The monoisotopic (exact) mass is 262 g/mol. The van der Waals surface area contributed by atoms with Gasteiger partial charge in [0.2, 0.25) is 0 Å². The average molecular weight is 262 g/mol. The Morgan fingerprint density at radius 3 is 2.63 bits per heavy atom. The fourth-order valence-corrected chi connectivity index (χ4v) is 2.40. The fourth-order valence-electron chi connectivity index (χ4n) is 2.40. The van der Waals surface area contributed by atoms with E-state index in [2.05, 4.69) is 0 Å². The number of aromatic nitrogens is 1. The van der Waals surface area contributed by atoms with Crippen molar-refractivity contribution in [3.05, 3.63) is 24.0 Å². The molecule has 5 nitrogen and oxygen atoms in total. The summed E-state index contributed by atoms with van der Waals surface area (Å²) in [6, 6.07) is 4.09. The summed E-state index contributed by atoms with van der Waals surface area (Å²) in [5.41, 5.74) is 0.629. The standard InChI is InChI=1S/C14H18N2O3/c17-13(18)9-15(8-10-3-4-10)14(19)12-2-1-7-16(12)11-5-6-11/h1-2,7,10-11H,3-6,8-9H2,(H,17,18). The first-order valence-electron chi connectivity index (χ1n) is 6.83. The topological polar surface area (TPSA) is 62.5 Å². The predicted octanol–water partition coefficient (Wildman–Crippen LogP) is 1.76. The fraction of sp³-hybridized carbons (Fsp3) is 0.571. The molecule has 2 fully saturated rings. The first kappa shape index (κ1) is 12.3. The number of carbonyl (C=O) groups excluding carboxylic acids is 1. The second-order valence-corrected chi connectivity index (χ2v) is 5.55. The zero-order valence-electron chi connectivity index (χ0n) is 10.8. The van der Waals surface area contributed by atoms with Crippen LogP contribution in [-0.2, 0) is 4.79 Å². The van der Waals surface area contributed by atoms with Crippen molar-refractivity contribution in [3.63, 3.8) is 0 Å². The van der Waals surface area contributed by atoms with E-state index in [9.17, 15) is 9.59 Å². The largest absolute Gasteiger partial charge is 0.480 e. The lowest BCUT2D eigenvalue weighted by atomic mass is 10.3. The van der Waals surface area contributed by atoms with Crippen LogP contribution in [-0.4, -0.2) is 39.5 Å². The van der Waals surface area contributed by atoms with Crippen LogP contribution in [0.3, 0.4) is 0 Å². The number of aliphatic carboxylic acids is 1. The van der Waals surface area contributed by atoms with Crippen LogP contribution < -0.4 is 0 Å². The highest BCUT2D eigenvalue weighted by Crippen LogP contribution is 2.36. The predicted molar refractivity (Wildman–Crippen MR) is 69.0 cm³/mol. The smallest absolute Gasteiger partial charge is 0.323 e. The summed E-state index contributed by atoms with van der Waals surface area (Å²) in [7, 11) is 0. The maximum absolute atomic E-state index is 12.5. The van der Waals surface area contributed by atoms with Crippen molar-refractivity contribution in [2.45, 2.75) is 31.7 Å². The molecule has 5 heteroatoms. The van der Waals surface area contributed by atoms with E-state index in [1.165, 1.54) is 4.90 Å². The van der Waals surface area contributed by atoms with Gasteiger partial charge < -0.3 is 14.6 Å². The van der Waals surface area contributed by atoms with Crippen LogP contribution in [0.5, 0.6) is 0 Å². The summed E-state index contributed by atoms with van der Waals surface area (Å²) in [6.07, 6.45) is 6.34. The summed E-state index contributed by atoms with van der Waals surface area (Å²) < 4.78 is 1.99. The van der Waals surface area contributed by atoms with Crippen LogP contribution in [0.2, 0.25) is 0 Å². The van der Waals surface area contributed by atoms with E-state index in [-0.39, 0.29) is 12.5 Å². The Balaban J connectivity index is 1.77. The van der Waals surface area contributed by atoms with Gasteiger partial charge in [-0.3, -0.25) is 9.59 Å². The van der Waals surface area contributed by atoms with Crippen molar-refractivity contribution in [2.75, 3.05) is 13.1 Å². The first-order chi connectivity index (χ1) is 9.15. The van der Waals surface area contributed by atoms with Crippen molar-refractivity contribution in [2.24, 2.45) is 5.92 Å². The summed E-state index contributed by atoms with van der Waals surface area (Å²) >= 11 is 0. The van der Waals surface area contributed by atoms with E-state index in [0.717, 1.165) is 25.7 Å². The summed E-state index contributed by atoms with van der Waals surface area (Å²) in [5, 5.41) is 8.95. The van der Waals surface area contributed by atoms with Crippen molar-refractivity contribution < 1.29 is 14.7 Å². The van der Waals surface area contributed by atoms with Gasteiger partial charge in [-0.15, -0.1) is 0 Å². The molecule has 3 rings (SSSR count). The van der Waals surface area contributed by atoms with Crippen molar-refractivity contribution in [3.8, 4) is 0 Å². The molecule has 1 amide bonds. The van der Waals surface area contributed by atoms with E-state index in [1.54, 1.807) is 6.07 Å². The van der Waals surface area contributed by atoms with E-state index in [1.807, 2.05) is 16.8 Å². The van der Waals surface area contributed by atoms with E-state index in [0.29, 0.717) is 24.2 Å². The Hall–Kier alpha value is -1.78. The first-order valence-corrected chi connectivity index (χ1v) is 6.83. The molecule has 1 heterocycles. The van der Waals surface area contributed by atoms with Gasteiger partial charge in [0, 0.05) is 18.8 Å². The van der Waals surface area contributed by atoms with E-state index in [4.69, 9.17) is 5.11 Å². The van der Waals surface area contributed by atoms with Gasteiger partial charge in [-0.25, -0.2) is 0 Å². The SMILES string of the molecule is O=C(O)CN(CC1CC1)C(=O)c1cccn1C1CC1. The molecule has 0 radical (unpaired) electrons. The molecule has 0 unspecified atom stereocenters. The lowest BCUT2D eigenvalue weighted by Gasteiger charge is -2.21. The molecule has 2 aliphatic rings. The molecule has 19 heavy (non-hydrogen) atoms. The van der Waals surface area contributed by atoms with Crippen LogP contribution in [0, 0.1) is 5.92 Å². The van der Waals surface area contributed by atoms with Crippen LogP contribution in [0.15, 0.2) is 18.3 Å². The molecule has 0 atom stereocenters. The third-order valence-electron chi connectivity index (χ3n) is 3.73. The zero-order valence-corrected chi connectivity index (χ0v) is 10.8. The number of hydrogen-bond donors (Lipinski definition) is 1. The van der Waals surface area contributed by atoms with Crippen LogP contribution in [0.1, 0.15) is 42.2 Å². The van der Waals surface area contributed by atoms with Gasteiger partial charge >= 0.3 is 5.97 Å². The van der Waals surface area contributed by atoms with Crippen molar-refractivity contribution in [1.82, 2.24) is 9.47 Å². The Bertz CT molecular complexity index is 501. The molecule has 102 valence electrons. The minimum absolute atomic E-state index is 0.147. The number of rotatable bonds is 6. The van der Waals surface area contributed by atoms with Gasteiger partial charge in [-0.1, -0.05) is 0 Å². The van der Waals surface area contributed by atoms with Crippen LogP contribution in [0.25, 0.3) is 0 Å². The minimum atomic E-state index is -0.946. The lowest BCUT2D eigenvalue weighted by molar-refractivity contribution is -0.137. The van der Waals surface area contributed by atoms with Crippen LogP contribution in [0.4, 0.5) is 0 Å². The normalized spacial score (nSPS) is 18.3. The summed E-state index contributed by atoms with van der Waals surface area (Å²) in [5.74, 6) is -0.600. The molecular formula is C14H18N2O3. The van der Waals surface area contributed by atoms with E-state index < -0.39 is 5.97 Å². The number of hydrogen-bond acceptors (Lipinski definition) is 2.